The van der Waals surface area contributed by atoms with Crippen molar-refractivity contribution in [1.29, 1.82) is 0 Å². The van der Waals surface area contributed by atoms with E-state index in [1.54, 1.807) is 17.9 Å². The number of amides is 1. The SMILES string of the molecule is CC(=O)SCC1CC(=O)N(C(C)c2cccc(C(F)(F)F)c2)C1. The van der Waals surface area contributed by atoms with E-state index in [1.165, 1.54) is 24.8 Å². The van der Waals surface area contributed by atoms with Crippen molar-refractivity contribution in [2.45, 2.75) is 32.5 Å². The first-order valence-electron chi connectivity index (χ1n) is 7.28. The van der Waals surface area contributed by atoms with Crippen molar-refractivity contribution in [2.75, 3.05) is 12.3 Å². The van der Waals surface area contributed by atoms with Crippen molar-refractivity contribution in [1.82, 2.24) is 4.90 Å². The third kappa shape index (κ3) is 4.50. The Kier molecular flexibility index (Phi) is 5.39. The summed E-state index contributed by atoms with van der Waals surface area (Å²) in [7, 11) is 0. The van der Waals surface area contributed by atoms with Gasteiger partial charge in [0.1, 0.15) is 0 Å². The van der Waals surface area contributed by atoms with Gasteiger partial charge in [-0.25, -0.2) is 0 Å². The Hall–Kier alpha value is -1.50. The number of carbonyl (C=O) groups excluding carboxylic acids is 2. The molecule has 1 fully saturated rings. The van der Waals surface area contributed by atoms with Crippen molar-refractivity contribution < 1.29 is 22.8 Å². The fraction of sp³-hybridized carbons (Fsp3) is 0.500. The number of likely N-dealkylation sites (tertiary alicyclic amines) is 1. The van der Waals surface area contributed by atoms with Gasteiger partial charge in [0.15, 0.2) is 5.12 Å². The standard InChI is InChI=1S/C16H18F3NO2S/c1-10(13-4-3-5-14(7-13)16(17,18)19)20-8-12(6-15(20)22)9-23-11(2)21/h3-5,7,10,12H,6,8-9H2,1-2H3. The average molecular weight is 345 g/mol. The summed E-state index contributed by atoms with van der Waals surface area (Å²) in [5.74, 6) is 0.543. The summed E-state index contributed by atoms with van der Waals surface area (Å²) in [5.41, 5.74) is -0.245. The Labute approximate surface area is 137 Å². The number of nitrogens with zero attached hydrogens (tertiary/aromatic N) is 1. The summed E-state index contributed by atoms with van der Waals surface area (Å²) in [6, 6.07) is 4.66. The van der Waals surface area contributed by atoms with Crippen LogP contribution < -0.4 is 0 Å². The Morgan fingerprint density at radius 2 is 2.13 bits per heavy atom. The lowest BCUT2D eigenvalue weighted by atomic mass is 10.0. The maximum Gasteiger partial charge on any atom is 0.416 e. The molecule has 1 aromatic carbocycles. The monoisotopic (exact) mass is 345 g/mol. The second-order valence-corrected chi connectivity index (χ2v) is 6.91. The van der Waals surface area contributed by atoms with Crippen LogP contribution in [0.3, 0.4) is 0 Å². The van der Waals surface area contributed by atoms with Crippen molar-refractivity contribution in [3.8, 4) is 0 Å². The smallest absolute Gasteiger partial charge is 0.336 e. The predicted octanol–water partition coefficient (Wildman–Crippen LogP) is 3.89. The highest BCUT2D eigenvalue weighted by Crippen LogP contribution is 2.34. The Morgan fingerprint density at radius 1 is 1.43 bits per heavy atom. The van der Waals surface area contributed by atoms with Crippen LogP contribution in [0.1, 0.15) is 37.4 Å². The summed E-state index contributed by atoms with van der Waals surface area (Å²) in [6.45, 7) is 3.68. The van der Waals surface area contributed by atoms with Gasteiger partial charge in [0.2, 0.25) is 5.91 Å². The van der Waals surface area contributed by atoms with E-state index in [-0.39, 0.29) is 16.9 Å². The van der Waals surface area contributed by atoms with Crippen LogP contribution in [0.4, 0.5) is 13.2 Å². The van der Waals surface area contributed by atoms with Gasteiger partial charge in [-0.2, -0.15) is 13.2 Å². The predicted molar refractivity (Wildman–Crippen MR) is 82.8 cm³/mol. The molecule has 2 atom stereocenters. The van der Waals surface area contributed by atoms with E-state index in [1.807, 2.05) is 0 Å². The number of hydrogen-bond donors (Lipinski definition) is 0. The number of rotatable bonds is 4. The molecule has 1 amide bonds. The lowest BCUT2D eigenvalue weighted by Gasteiger charge is -2.26. The van der Waals surface area contributed by atoms with E-state index in [9.17, 15) is 22.8 Å². The zero-order valence-electron chi connectivity index (χ0n) is 12.9. The van der Waals surface area contributed by atoms with E-state index < -0.39 is 17.8 Å². The largest absolute Gasteiger partial charge is 0.416 e. The molecular weight excluding hydrogens is 327 g/mol. The number of halogens is 3. The molecule has 3 nitrogen and oxygen atoms in total. The number of carbonyl (C=O) groups is 2. The summed E-state index contributed by atoms with van der Waals surface area (Å²) in [4.78, 5) is 24.7. The fourth-order valence-corrected chi connectivity index (χ4v) is 3.38. The number of hydrogen-bond acceptors (Lipinski definition) is 3. The highest BCUT2D eigenvalue weighted by molar-refractivity contribution is 8.13. The molecule has 1 aliphatic heterocycles. The topological polar surface area (TPSA) is 37.4 Å². The van der Waals surface area contributed by atoms with Crippen LogP contribution in [0, 0.1) is 5.92 Å². The molecule has 0 saturated carbocycles. The van der Waals surface area contributed by atoms with Gasteiger partial charge in [-0.15, -0.1) is 0 Å². The van der Waals surface area contributed by atoms with Crippen LogP contribution in [-0.4, -0.2) is 28.2 Å². The summed E-state index contributed by atoms with van der Waals surface area (Å²) in [6.07, 6.45) is -4.06. The van der Waals surface area contributed by atoms with Crippen LogP contribution in [0.15, 0.2) is 24.3 Å². The summed E-state index contributed by atoms with van der Waals surface area (Å²) < 4.78 is 38.4. The molecule has 1 heterocycles. The zero-order chi connectivity index (χ0) is 17.2. The molecule has 126 valence electrons. The van der Waals surface area contributed by atoms with Crippen molar-refractivity contribution >= 4 is 22.8 Å². The molecule has 1 saturated heterocycles. The fourth-order valence-electron chi connectivity index (χ4n) is 2.68. The third-order valence-corrected chi connectivity index (χ3v) is 4.97. The minimum absolute atomic E-state index is 0.00169. The lowest BCUT2D eigenvalue weighted by Crippen LogP contribution is -2.29. The van der Waals surface area contributed by atoms with Gasteiger partial charge in [0.25, 0.3) is 0 Å². The minimum Gasteiger partial charge on any atom is -0.336 e. The van der Waals surface area contributed by atoms with E-state index >= 15 is 0 Å². The van der Waals surface area contributed by atoms with Crippen molar-refractivity contribution in [2.24, 2.45) is 5.92 Å². The van der Waals surface area contributed by atoms with Gasteiger partial charge in [-0.3, -0.25) is 9.59 Å². The second kappa shape index (κ2) is 6.95. The van der Waals surface area contributed by atoms with Crippen molar-refractivity contribution in [3.05, 3.63) is 35.4 Å². The van der Waals surface area contributed by atoms with Crippen molar-refractivity contribution in [3.63, 3.8) is 0 Å². The molecule has 23 heavy (non-hydrogen) atoms. The molecule has 0 radical (unpaired) electrons. The summed E-state index contributed by atoms with van der Waals surface area (Å²) >= 11 is 1.18. The Morgan fingerprint density at radius 3 is 2.74 bits per heavy atom. The second-order valence-electron chi connectivity index (χ2n) is 5.72. The third-order valence-electron chi connectivity index (χ3n) is 3.92. The maximum atomic E-state index is 12.8. The highest BCUT2D eigenvalue weighted by atomic mass is 32.2. The molecule has 2 unspecified atom stereocenters. The average Bonchev–Trinajstić information content (AvgIpc) is 2.84. The molecule has 2 rings (SSSR count). The molecule has 7 heteroatoms. The molecule has 0 spiro atoms. The minimum atomic E-state index is -4.40. The van der Waals surface area contributed by atoms with Gasteiger partial charge < -0.3 is 4.90 Å². The molecule has 0 aromatic heterocycles. The van der Waals surface area contributed by atoms with E-state index in [0.717, 1.165) is 12.1 Å². The number of alkyl halides is 3. The first kappa shape index (κ1) is 17.8. The maximum absolute atomic E-state index is 12.8. The van der Waals surface area contributed by atoms with Gasteiger partial charge in [0.05, 0.1) is 11.6 Å². The van der Waals surface area contributed by atoms with E-state index in [0.29, 0.717) is 24.3 Å². The highest BCUT2D eigenvalue weighted by Gasteiger charge is 2.35. The number of benzene rings is 1. The van der Waals surface area contributed by atoms with Crippen LogP contribution >= 0.6 is 11.8 Å². The Bertz CT molecular complexity index is 603. The molecule has 1 aliphatic rings. The van der Waals surface area contributed by atoms with Crippen LogP contribution in [0.2, 0.25) is 0 Å². The number of thioether (sulfide) groups is 1. The Balaban J connectivity index is 2.10. The molecule has 1 aromatic rings. The first-order valence-corrected chi connectivity index (χ1v) is 8.27. The summed E-state index contributed by atoms with van der Waals surface area (Å²) in [5, 5.41) is 0.00169. The normalized spacial score (nSPS) is 20.0. The molecule has 0 aliphatic carbocycles. The first-order chi connectivity index (χ1) is 10.7. The van der Waals surface area contributed by atoms with Crippen LogP contribution in [0.25, 0.3) is 0 Å². The van der Waals surface area contributed by atoms with E-state index in [2.05, 4.69) is 0 Å². The zero-order valence-corrected chi connectivity index (χ0v) is 13.7. The molecule has 0 N–H and O–H groups in total. The van der Waals surface area contributed by atoms with Crippen LogP contribution in [-0.2, 0) is 15.8 Å². The van der Waals surface area contributed by atoms with Gasteiger partial charge in [-0.1, -0.05) is 23.9 Å². The van der Waals surface area contributed by atoms with E-state index in [4.69, 9.17) is 0 Å². The quantitative estimate of drug-likeness (QED) is 0.831. The molecular formula is C16H18F3NO2S. The van der Waals surface area contributed by atoms with Gasteiger partial charge in [-0.05, 0) is 30.5 Å². The lowest BCUT2D eigenvalue weighted by molar-refractivity contribution is -0.137. The molecule has 0 bridgehead atoms. The van der Waals surface area contributed by atoms with Gasteiger partial charge >= 0.3 is 6.18 Å². The van der Waals surface area contributed by atoms with Gasteiger partial charge in [0, 0.05) is 25.6 Å². The van der Waals surface area contributed by atoms with Crippen LogP contribution in [0.5, 0.6) is 0 Å².